The summed E-state index contributed by atoms with van der Waals surface area (Å²) in [4.78, 5) is 18.3. The first-order valence-electron chi connectivity index (χ1n) is 5.75. The van der Waals surface area contributed by atoms with Crippen LogP contribution in [0.1, 0.15) is 18.4 Å². The van der Waals surface area contributed by atoms with Crippen molar-refractivity contribution in [1.29, 1.82) is 0 Å². The predicted molar refractivity (Wildman–Crippen MR) is 64.0 cm³/mol. The number of aromatic amines is 1. The largest absolute Gasteiger partial charge is 0.463 e. The van der Waals surface area contributed by atoms with Gasteiger partial charge in [-0.05, 0) is 31.4 Å². The summed E-state index contributed by atoms with van der Waals surface area (Å²) in [6.07, 6.45) is 4.68. The first-order chi connectivity index (χ1) is 8.34. The summed E-state index contributed by atoms with van der Waals surface area (Å²) in [6, 6.07) is 3.65. The van der Waals surface area contributed by atoms with E-state index in [9.17, 15) is 4.79 Å². The van der Waals surface area contributed by atoms with Crippen LogP contribution in [0, 0.1) is 0 Å². The Morgan fingerprint density at radius 3 is 3.12 bits per heavy atom. The summed E-state index contributed by atoms with van der Waals surface area (Å²) in [5, 5.41) is 3.20. The Bertz CT molecular complexity index is 572. The van der Waals surface area contributed by atoms with Gasteiger partial charge < -0.3 is 14.7 Å². The molecule has 0 saturated heterocycles. The molecule has 0 atom stereocenters. The van der Waals surface area contributed by atoms with E-state index in [2.05, 4.69) is 15.3 Å². The number of fused-ring (bicyclic) bond motifs is 1. The van der Waals surface area contributed by atoms with E-state index in [1.807, 2.05) is 12.1 Å². The molecule has 0 aromatic carbocycles. The maximum absolute atomic E-state index is 11.5. The van der Waals surface area contributed by atoms with Crippen LogP contribution in [0.5, 0.6) is 0 Å². The minimum atomic E-state index is -0.343. The van der Waals surface area contributed by atoms with Gasteiger partial charge in [0.15, 0.2) is 5.76 Å². The highest BCUT2D eigenvalue weighted by Gasteiger charge is 2.17. The molecule has 5 heteroatoms. The van der Waals surface area contributed by atoms with Crippen LogP contribution in [0.4, 0.5) is 5.82 Å². The predicted octanol–water partition coefficient (Wildman–Crippen LogP) is 1.78. The zero-order valence-electron chi connectivity index (χ0n) is 9.32. The van der Waals surface area contributed by atoms with E-state index >= 15 is 0 Å². The van der Waals surface area contributed by atoms with Crippen LogP contribution in [0.2, 0.25) is 0 Å². The molecule has 0 radical (unpaired) electrons. The molecule has 0 saturated carbocycles. The van der Waals surface area contributed by atoms with Gasteiger partial charge in [0, 0.05) is 12.1 Å². The highest BCUT2D eigenvalue weighted by atomic mass is 16.3. The van der Waals surface area contributed by atoms with Gasteiger partial charge in [0.05, 0.1) is 12.0 Å². The highest BCUT2D eigenvalue weighted by molar-refractivity contribution is 5.64. The van der Waals surface area contributed by atoms with Gasteiger partial charge >= 0.3 is 5.69 Å². The van der Waals surface area contributed by atoms with Crippen molar-refractivity contribution in [3.8, 4) is 11.5 Å². The summed E-state index contributed by atoms with van der Waals surface area (Å²) in [5.74, 6) is 1.38. The van der Waals surface area contributed by atoms with Crippen LogP contribution in [0.25, 0.3) is 11.5 Å². The lowest BCUT2D eigenvalue weighted by Crippen LogP contribution is -2.16. The molecule has 0 fully saturated rings. The molecule has 3 heterocycles. The molecule has 2 aromatic rings. The van der Waals surface area contributed by atoms with Crippen molar-refractivity contribution in [3.63, 3.8) is 0 Å². The molecule has 0 unspecified atom stereocenters. The maximum Gasteiger partial charge on any atom is 0.347 e. The number of hydrogen-bond donors (Lipinski definition) is 2. The van der Waals surface area contributed by atoms with Gasteiger partial charge in [0.2, 0.25) is 0 Å². The Balaban J connectivity index is 2.20. The first kappa shape index (κ1) is 10.1. The molecule has 0 spiro atoms. The van der Waals surface area contributed by atoms with E-state index in [0.717, 1.165) is 37.1 Å². The minimum Gasteiger partial charge on any atom is -0.463 e. The lowest BCUT2D eigenvalue weighted by Gasteiger charge is -2.09. The zero-order valence-corrected chi connectivity index (χ0v) is 9.32. The monoisotopic (exact) mass is 231 g/mol. The quantitative estimate of drug-likeness (QED) is 0.784. The number of anilines is 1. The number of H-pyrrole nitrogens is 1. The normalized spacial score (nSPS) is 14.8. The average molecular weight is 231 g/mol. The zero-order chi connectivity index (χ0) is 11.7. The van der Waals surface area contributed by atoms with E-state index in [1.165, 1.54) is 0 Å². The van der Waals surface area contributed by atoms with Gasteiger partial charge in [0.1, 0.15) is 5.82 Å². The van der Waals surface area contributed by atoms with E-state index < -0.39 is 0 Å². The maximum atomic E-state index is 11.5. The van der Waals surface area contributed by atoms with Crippen molar-refractivity contribution in [1.82, 2.24) is 9.97 Å². The number of rotatable bonds is 1. The highest BCUT2D eigenvalue weighted by Crippen LogP contribution is 2.27. The van der Waals surface area contributed by atoms with Gasteiger partial charge in [-0.15, -0.1) is 0 Å². The van der Waals surface area contributed by atoms with Gasteiger partial charge in [-0.1, -0.05) is 0 Å². The van der Waals surface area contributed by atoms with Gasteiger partial charge in [0.25, 0.3) is 0 Å². The fourth-order valence-corrected chi connectivity index (χ4v) is 2.15. The lowest BCUT2D eigenvalue weighted by atomic mass is 10.1. The van der Waals surface area contributed by atoms with Gasteiger partial charge in [-0.2, -0.15) is 4.98 Å². The van der Waals surface area contributed by atoms with Crippen LogP contribution in [0.3, 0.4) is 0 Å². The second-order valence-corrected chi connectivity index (χ2v) is 4.11. The van der Waals surface area contributed by atoms with Crippen LogP contribution in [-0.4, -0.2) is 16.5 Å². The lowest BCUT2D eigenvalue weighted by molar-refractivity contribution is 0.578. The fourth-order valence-electron chi connectivity index (χ4n) is 2.15. The first-order valence-corrected chi connectivity index (χ1v) is 5.75. The Labute approximate surface area is 97.9 Å². The number of aromatic nitrogens is 2. The SMILES string of the molecule is O=c1nc2c(c(-c3ccco3)[nH]1)CCCCN2. The number of nitrogens with one attached hydrogen (secondary N) is 2. The number of hydrogen-bond acceptors (Lipinski definition) is 4. The Kier molecular flexibility index (Phi) is 2.44. The molecule has 17 heavy (non-hydrogen) atoms. The standard InChI is InChI=1S/C12H13N3O2/c16-12-14-10(9-5-3-7-17-9)8-4-1-2-6-13-11(8)15-12/h3,5,7H,1-2,4,6H2,(H2,13,14,15,16). The van der Waals surface area contributed by atoms with Crippen molar-refractivity contribution >= 4 is 5.82 Å². The average Bonchev–Trinajstić information content (AvgIpc) is 2.74. The Hall–Kier alpha value is -2.04. The van der Waals surface area contributed by atoms with Crippen molar-refractivity contribution in [2.24, 2.45) is 0 Å². The molecule has 0 aliphatic carbocycles. The Morgan fingerprint density at radius 2 is 2.29 bits per heavy atom. The third kappa shape index (κ3) is 1.84. The van der Waals surface area contributed by atoms with Crippen molar-refractivity contribution in [2.75, 3.05) is 11.9 Å². The molecule has 0 amide bonds. The van der Waals surface area contributed by atoms with Gasteiger partial charge in [-0.3, -0.25) is 0 Å². The van der Waals surface area contributed by atoms with E-state index in [4.69, 9.17) is 4.42 Å². The number of furan rings is 1. The smallest absolute Gasteiger partial charge is 0.347 e. The molecule has 2 N–H and O–H groups in total. The topological polar surface area (TPSA) is 70.9 Å². The van der Waals surface area contributed by atoms with Crippen LogP contribution in [0.15, 0.2) is 27.6 Å². The molecule has 1 aliphatic rings. The molecule has 5 nitrogen and oxygen atoms in total. The summed E-state index contributed by atoms with van der Waals surface area (Å²) in [5.41, 5.74) is 1.45. The van der Waals surface area contributed by atoms with Gasteiger partial charge in [-0.25, -0.2) is 4.79 Å². The van der Waals surface area contributed by atoms with E-state index in [-0.39, 0.29) is 5.69 Å². The summed E-state index contributed by atoms with van der Waals surface area (Å²) in [6.45, 7) is 0.862. The van der Waals surface area contributed by atoms with E-state index in [1.54, 1.807) is 6.26 Å². The molecule has 1 aliphatic heterocycles. The van der Waals surface area contributed by atoms with Crippen LogP contribution in [-0.2, 0) is 6.42 Å². The summed E-state index contributed by atoms with van der Waals surface area (Å²) in [7, 11) is 0. The molecule has 3 rings (SSSR count). The minimum absolute atomic E-state index is 0.343. The number of nitrogens with zero attached hydrogens (tertiary/aromatic N) is 1. The molecule has 2 aromatic heterocycles. The molecule has 88 valence electrons. The molecule has 0 bridgehead atoms. The Morgan fingerprint density at radius 1 is 1.35 bits per heavy atom. The third-order valence-corrected chi connectivity index (χ3v) is 2.95. The summed E-state index contributed by atoms with van der Waals surface area (Å²) < 4.78 is 5.36. The molecular formula is C12H13N3O2. The van der Waals surface area contributed by atoms with Crippen LogP contribution >= 0.6 is 0 Å². The summed E-state index contributed by atoms with van der Waals surface area (Å²) >= 11 is 0. The second kappa shape index (κ2) is 4.08. The second-order valence-electron chi connectivity index (χ2n) is 4.11. The molecular weight excluding hydrogens is 218 g/mol. The van der Waals surface area contributed by atoms with Crippen LogP contribution < -0.4 is 11.0 Å². The van der Waals surface area contributed by atoms with Crippen molar-refractivity contribution < 1.29 is 4.42 Å². The van der Waals surface area contributed by atoms with E-state index in [0.29, 0.717) is 11.6 Å². The van der Waals surface area contributed by atoms with Crippen molar-refractivity contribution in [3.05, 3.63) is 34.4 Å². The fraction of sp³-hybridized carbons (Fsp3) is 0.333. The van der Waals surface area contributed by atoms with Crippen molar-refractivity contribution in [2.45, 2.75) is 19.3 Å². The third-order valence-electron chi connectivity index (χ3n) is 2.95.